The van der Waals surface area contributed by atoms with Crippen LogP contribution in [0.5, 0.6) is 5.75 Å². The van der Waals surface area contributed by atoms with Crippen molar-refractivity contribution in [2.24, 2.45) is 0 Å². The summed E-state index contributed by atoms with van der Waals surface area (Å²) in [5.74, 6) is 0.647. The number of piperazine rings is 1. The molecule has 32 heavy (non-hydrogen) atoms. The van der Waals surface area contributed by atoms with Gasteiger partial charge in [0.05, 0.1) is 28.5 Å². The number of hydrogen-bond donors (Lipinski definition) is 0. The minimum atomic E-state index is -0.554. The molecule has 9 heteroatoms. The van der Waals surface area contributed by atoms with E-state index in [2.05, 4.69) is 26.8 Å². The highest BCUT2D eigenvalue weighted by Crippen LogP contribution is 2.33. The van der Waals surface area contributed by atoms with Gasteiger partial charge < -0.3 is 9.64 Å². The van der Waals surface area contributed by atoms with Crippen molar-refractivity contribution in [2.75, 3.05) is 31.6 Å². The number of benzene rings is 1. The van der Waals surface area contributed by atoms with Gasteiger partial charge in [0.15, 0.2) is 12.5 Å². The second kappa shape index (κ2) is 9.48. The van der Waals surface area contributed by atoms with Crippen molar-refractivity contribution in [3.8, 4) is 17.1 Å². The summed E-state index contributed by atoms with van der Waals surface area (Å²) in [5, 5.41) is 5.77. The molecule has 0 spiro atoms. The van der Waals surface area contributed by atoms with Crippen LogP contribution >= 0.6 is 23.2 Å². The van der Waals surface area contributed by atoms with Gasteiger partial charge in [0.2, 0.25) is 0 Å². The fourth-order valence-electron chi connectivity index (χ4n) is 4.14. The molecule has 1 aliphatic rings. The Morgan fingerprint density at radius 1 is 1.22 bits per heavy atom. The molecule has 1 aromatic carbocycles. The van der Waals surface area contributed by atoms with Crippen LogP contribution < -0.4 is 9.64 Å². The summed E-state index contributed by atoms with van der Waals surface area (Å²) in [6.07, 6.45) is 2.07. The molecule has 1 aliphatic heterocycles. The van der Waals surface area contributed by atoms with E-state index in [9.17, 15) is 4.79 Å². The van der Waals surface area contributed by atoms with Crippen molar-refractivity contribution in [1.82, 2.24) is 19.7 Å². The van der Waals surface area contributed by atoms with E-state index in [1.54, 1.807) is 18.0 Å². The molecule has 168 valence electrons. The molecule has 1 saturated heterocycles. The first-order valence-corrected chi connectivity index (χ1v) is 11.2. The van der Waals surface area contributed by atoms with Gasteiger partial charge in [0.25, 0.3) is 0 Å². The number of pyridine rings is 1. The lowest BCUT2D eigenvalue weighted by Gasteiger charge is -2.43. The second-order valence-corrected chi connectivity index (χ2v) is 8.59. The van der Waals surface area contributed by atoms with E-state index >= 15 is 0 Å². The third-order valence-electron chi connectivity index (χ3n) is 5.88. The monoisotopic (exact) mass is 473 g/mol. The predicted molar refractivity (Wildman–Crippen MR) is 127 cm³/mol. The van der Waals surface area contributed by atoms with Crippen LogP contribution in [0.4, 0.5) is 5.69 Å². The SMILES string of the molecule is COc1cc(N2CCN(C(C=O)n3nc(-c4ccccn4)c(Cl)c3C)[C@@H](C)C2)ccc1Cl. The zero-order valence-corrected chi connectivity index (χ0v) is 19.7. The molecule has 0 amide bonds. The molecule has 0 N–H and O–H groups in total. The van der Waals surface area contributed by atoms with Gasteiger partial charge in [-0.2, -0.15) is 5.10 Å². The first-order valence-electron chi connectivity index (χ1n) is 10.4. The van der Waals surface area contributed by atoms with Gasteiger partial charge in [-0.15, -0.1) is 0 Å². The second-order valence-electron chi connectivity index (χ2n) is 7.81. The maximum Gasteiger partial charge on any atom is 0.161 e. The van der Waals surface area contributed by atoms with Gasteiger partial charge in [0, 0.05) is 43.6 Å². The van der Waals surface area contributed by atoms with Gasteiger partial charge in [-0.25, -0.2) is 4.68 Å². The van der Waals surface area contributed by atoms with E-state index in [1.165, 1.54) is 0 Å². The van der Waals surface area contributed by atoms with Crippen LogP contribution in [-0.4, -0.2) is 58.7 Å². The lowest BCUT2D eigenvalue weighted by Crippen LogP contribution is -2.54. The zero-order valence-electron chi connectivity index (χ0n) is 18.2. The van der Waals surface area contributed by atoms with Gasteiger partial charge >= 0.3 is 0 Å². The topological polar surface area (TPSA) is 63.5 Å². The molecule has 2 aromatic heterocycles. The van der Waals surface area contributed by atoms with Crippen LogP contribution in [0.3, 0.4) is 0 Å². The van der Waals surface area contributed by atoms with Crippen LogP contribution in [0.15, 0.2) is 42.6 Å². The molecule has 0 bridgehead atoms. The molecule has 0 radical (unpaired) electrons. The van der Waals surface area contributed by atoms with Crippen molar-refractivity contribution in [3.05, 3.63) is 58.3 Å². The average molecular weight is 474 g/mol. The summed E-state index contributed by atoms with van der Waals surface area (Å²) in [7, 11) is 1.61. The fraction of sp³-hybridized carbons (Fsp3) is 0.348. The molecule has 1 unspecified atom stereocenters. The number of methoxy groups -OCH3 is 1. The lowest BCUT2D eigenvalue weighted by molar-refractivity contribution is -0.117. The average Bonchev–Trinajstić information content (AvgIpc) is 3.11. The van der Waals surface area contributed by atoms with Gasteiger partial charge in [-0.1, -0.05) is 29.3 Å². The van der Waals surface area contributed by atoms with Crippen molar-refractivity contribution in [1.29, 1.82) is 0 Å². The molecule has 2 atom stereocenters. The Bertz CT molecular complexity index is 1110. The summed E-state index contributed by atoms with van der Waals surface area (Å²) in [5.41, 5.74) is 3.03. The van der Waals surface area contributed by atoms with Gasteiger partial charge in [-0.3, -0.25) is 14.7 Å². The highest BCUT2D eigenvalue weighted by Gasteiger charge is 2.33. The third-order valence-corrected chi connectivity index (χ3v) is 6.64. The van der Waals surface area contributed by atoms with Crippen molar-refractivity contribution in [3.63, 3.8) is 0 Å². The van der Waals surface area contributed by atoms with Gasteiger partial charge in [0.1, 0.15) is 11.4 Å². The summed E-state index contributed by atoms with van der Waals surface area (Å²) >= 11 is 12.8. The molecule has 0 saturated carbocycles. The Hall–Kier alpha value is -2.61. The van der Waals surface area contributed by atoms with Crippen LogP contribution in [0.25, 0.3) is 11.4 Å². The minimum absolute atomic E-state index is 0.0984. The fourth-order valence-corrected chi connectivity index (χ4v) is 4.56. The Labute approximate surface area is 197 Å². The Balaban J connectivity index is 1.57. The molecule has 1 fully saturated rings. The Morgan fingerprint density at radius 2 is 2.03 bits per heavy atom. The van der Waals surface area contributed by atoms with Crippen molar-refractivity contribution in [2.45, 2.75) is 26.1 Å². The molecule has 4 rings (SSSR count). The van der Waals surface area contributed by atoms with E-state index in [0.29, 0.717) is 33.7 Å². The molecule has 3 heterocycles. The van der Waals surface area contributed by atoms with Crippen LogP contribution in [-0.2, 0) is 4.79 Å². The van der Waals surface area contributed by atoms with Crippen LogP contribution in [0.2, 0.25) is 10.0 Å². The standard InChI is InChI=1S/C23H25Cl2N5O2/c1-15-13-28(17-7-8-18(24)20(12-17)32-3)10-11-29(15)21(14-31)30-16(2)22(25)23(27-30)19-6-4-5-9-26-19/h4-9,12,14-15,21H,10-11,13H2,1-3H3/t15-,21?/m0/s1. The normalized spacial score (nSPS) is 17.9. The smallest absolute Gasteiger partial charge is 0.161 e. The zero-order chi connectivity index (χ0) is 22.8. The quantitative estimate of drug-likeness (QED) is 0.491. The van der Waals surface area contributed by atoms with E-state index in [-0.39, 0.29) is 6.04 Å². The van der Waals surface area contributed by atoms with Crippen LogP contribution in [0, 0.1) is 6.92 Å². The highest BCUT2D eigenvalue weighted by molar-refractivity contribution is 6.33. The maximum atomic E-state index is 12.2. The molecular formula is C23H25Cl2N5O2. The van der Waals surface area contributed by atoms with E-state index in [4.69, 9.17) is 27.9 Å². The highest BCUT2D eigenvalue weighted by atomic mass is 35.5. The Morgan fingerprint density at radius 3 is 2.69 bits per heavy atom. The van der Waals surface area contributed by atoms with Crippen molar-refractivity contribution >= 4 is 35.2 Å². The number of carbonyl (C=O) groups is 1. The number of carbonyl (C=O) groups excluding carboxylic acids is 1. The van der Waals surface area contributed by atoms with Crippen LogP contribution in [0.1, 0.15) is 18.8 Å². The van der Waals surface area contributed by atoms with E-state index in [0.717, 1.165) is 30.8 Å². The number of aromatic nitrogens is 3. The molecule has 3 aromatic rings. The number of rotatable bonds is 6. The first-order chi connectivity index (χ1) is 15.4. The number of halogens is 2. The Kier molecular flexibility index (Phi) is 6.69. The third kappa shape index (κ3) is 4.20. The predicted octanol–water partition coefficient (Wildman–Crippen LogP) is 4.48. The van der Waals surface area contributed by atoms with E-state index < -0.39 is 6.17 Å². The van der Waals surface area contributed by atoms with Crippen molar-refractivity contribution < 1.29 is 9.53 Å². The summed E-state index contributed by atoms with van der Waals surface area (Å²) in [4.78, 5) is 21.0. The lowest BCUT2D eigenvalue weighted by atomic mass is 10.1. The largest absolute Gasteiger partial charge is 0.495 e. The molecular weight excluding hydrogens is 449 g/mol. The first kappa shape index (κ1) is 22.6. The van der Waals surface area contributed by atoms with E-state index in [1.807, 2.05) is 43.3 Å². The number of hydrogen-bond acceptors (Lipinski definition) is 6. The maximum absolute atomic E-state index is 12.2. The molecule has 7 nitrogen and oxygen atoms in total. The summed E-state index contributed by atoms with van der Waals surface area (Å²) < 4.78 is 7.06. The number of ether oxygens (including phenoxy) is 1. The number of nitrogens with zero attached hydrogens (tertiary/aromatic N) is 5. The minimum Gasteiger partial charge on any atom is -0.495 e. The molecule has 0 aliphatic carbocycles. The summed E-state index contributed by atoms with van der Waals surface area (Å²) in [6, 6.07) is 11.5. The summed E-state index contributed by atoms with van der Waals surface area (Å²) in [6.45, 7) is 6.16. The number of anilines is 1. The number of aldehydes is 1. The van der Waals surface area contributed by atoms with Gasteiger partial charge in [-0.05, 0) is 38.1 Å².